The first-order chi connectivity index (χ1) is 19.5. The van der Waals surface area contributed by atoms with Crippen LogP contribution in [0.25, 0.3) is 39.5 Å². The van der Waals surface area contributed by atoms with Crippen molar-refractivity contribution in [3.8, 4) is 28.3 Å². The number of pyridine rings is 2. The third-order valence-electron chi connectivity index (χ3n) is 7.38. The number of fused-ring (bicyclic) bond motifs is 1. The largest absolute Gasteiger partial charge is 0.469 e. The number of amides is 1. The first kappa shape index (κ1) is 25.2. The van der Waals surface area contributed by atoms with Gasteiger partial charge >= 0.3 is 5.97 Å². The number of imidazole rings is 1. The second-order valence-corrected chi connectivity index (χ2v) is 9.88. The maximum Gasteiger partial charge on any atom is 0.308 e. The summed E-state index contributed by atoms with van der Waals surface area (Å²) in [5, 5.41) is 3.00. The SMILES string of the molecule is COC(=O)C1CCC(C(=O)Nc2ccc(-n3c(-c4cccnc4N)nc4ccc(-c5ccccc5)nc43)cc2)C1. The second-order valence-electron chi connectivity index (χ2n) is 9.88. The number of ether oxygens (including phenoxy) is 1. The summed E-state index contributed by atoms with van der Waals surface area (Å²) in [5.74, 6) is 0.209. The Labute approximate surface area is 231 Å². The highest BCUT2D eigenvalue weighted by Gasteiger charge is 2.34. The molecule has 3 N–H and O–H groups in total. The first-order valence-corrected chi connectivity index (χ1v) is 13.2. The minimum atomic E-state index is -0.249. The quantitative estimate of drug-likeness (QED) is 0.286. The van der Waals surface area contributed by atoms with Gasteiger partial charge in [-0.2, -0.15) is 0 Å². The van der Waals surface area contributed by atoms with Crippen LogP contribution in [0.15, 0.2) is 85.1 Å². The molecule has 1 aliphatic rings. The Morgan fingerprint density at radius 3 is 2.45 bits per heavy atom. The highest BCUT2D eigenvalue weighted by Crippen LogP contribution is 2.34. The maximum atomic E-state index is 12.9. The molecular weight excluding hydrogens is 504 g/mol. The van der Waals surface area contributed by atoms with E-state index in [1.165, 1.54) is 7.11 Å². The lowest BCUT2D eigenvalue weighted by Crippen LogP contribution is -2.22. The van der Waals surface area contributed by atoms with Gasteiger partial charge in [0.15, 0.2) is 11.5 Å². The van der Waals surface area contributed by atoms with Crippen LogP contribution in [0.4, 0.5) is 11.5 Å². The van der Waals surface area contributed by atoms with Crippen LogP contribution in [0.1, 0.15) is 19.3 Å². The highest BCUT2D eigenvalue weighted by molar-refractivity contribution is 5.93. The number of benzene rings is 2. The minimum Gasteiger partial charge on any atom is -0.469 e. The van der Waals surface area contributed by atoms with E-state index in [2.05, 4.69) is 10.3 Å². The summed E-state index contributed by atoms with van der Waals surface area (Å²) in [6, 6.07) is 25.1. The minimum absolute atomic E-state index is 0.0924. The molecule has 3 aromatic heterocycles. The molecule has 0 bridgehead atoms. The number of methoxy groups -OCH3 is 1. The molecule has 3 heterocycles. The first-order valence-electron chi connectivity index (χ1n) is 13.2. The van der Waals surface area contributed by atoms with E-state index in [9.17, 15) is 9.59 Å². The van der Waals surface area contributed by atoms with E-state index < -0.39 is 0 Å². The van der Waals surface area contributed by atoms with E-state index in [0.717, 1.165) is 22.5 Å². The molecule has 200 valence electrons. The molecule has 1 aliphatic carbocycles. The predicted molar refractivity (Wildman–Crippen MR) is 153 cm³/mol. The van der Waals surface area contributed by atoms with E-state index in [1.54, 1.807) is 6.20 Å². The van der Waals surface area contributed by atoms with Gasteiger partial charge in [0, 0.05) is 29.1 Å². The van der Waals surface area contributed by atoms with Crippen molar-refractivity contribution in [2.75, 3.05) is 18.2 Å². The zero-order valence-electron chi connectivity index (χ0n) is 21.9. The summed E-state index contributed by atoms with van der Waals surface area (Å²) in [7, 11) is 1.38. The van der Waals surface area contributed by atoms with Gasteiger partial charge < -0.3 is 15.8 Å². The number of carbonyl (C=O) groups excluding carboxylic acids is 2. The van der Waals surface area contributed by atoms with Crippen molar-refractivity contribution in [2.24, 2.45) is 11.8 Å². The van der Waals surface area contributed by atoms with Gasteiger partial charge in [0.1, 0.15) is 11.3 Å². The van der Waals surface area contributed by atoms with Crippen molar-refractivity contribution in [3.05, 3.63) is 85.1 Å². The average molecular weight is 533 g/mol. The monoisotopic (exact) mass is 532 g/mol. The zero-order valence-corrected chi connectivity index (χ0v) is 21.9. The molecule has 9 nitrogen and oxygen atoms in total. The van der Waals surface area contributed by atoms with E-state index in [0.29, 0.717) is 47.8 Å². The van der Waals surface area contributed by atoms with Crippen molar-refractivity contribution in [2.45, 2.75) is 19.3 Å². The third kappa shape index (κ3) is 4.77. The number of hydrogen-bond acceptors (Lipinski definition) is 7. The van der Waals surface area contributed by atoms with Gasteiger partial charge in [-0.25, -0.2) is 15.0 Å². The van der Waals surface area contributed by atoms with Crippen LogP contribution >= 0.6 is 0 Å². The lowest BCUT2D eigenvalue weighted by molar-refractivity contribution is -0.145. The van der Waals surface area contributed by atoms with Crippen LogP contribution in [0, 0.1) is 11.8 Å². The van der Waals surface area contributed by atoms with Crippen molar-refractivity contribution in [3.63, 3.8) is 0 Å². The molecule has 1 saturated carbocycles. The van der Waals surface area contributed by atoms with E-state index in [4.69, 9.17) is 20.4 Å². The molecule has 2 atom stereocenters. The number of nitrogen functional groups attached to an aromatic ring is 1. The summed E-state index contributed by atoms with van der Waals surface area (Å²) in [6.07, 6.45) is 3.47. The van der Waals surface area contributed by atoms with Gasteiger partial charge in [0.05, 0.1) is 24.3 Å². The fraction of sp³-hybridized carbons (Fsp3) is 0.194. The van der Waals surface area contributed by atoms with Crippen LogP contribution in [-0.2, 0) is 14.3 Å². The zero-order chi connectivity index (χ0) is 27.6. The molecule has 6 rings (SSSR count). The number of anilines is 2. The molecule has 0 radical (unpaired) electrons. The Hall–Kier alpha value is -5.05. The van der Waals surface area contributed by atoms with Gasteiger partial charge in [-0.05, 0) is 67.8 Å². The average Bonchev–Trinajstić information content (AvgIpc) is 3.63. The van der Waals surface area contributed by atoms with Gasteiger partial charge in [-0.15, -0.1) is 0 Å². The summed E-state index contributed by atoms with van der Waals surface area (Å²) in [6.45, 7) is 0. The van der Waals surface area contributed by atoms with E-state index in [1.807, 2.05) is 83.4 Å². The molecule has 0 spiro atoms. The van der Waals surface area contributed by atoms with Crippen molar-refractivity contribution < 1.29 is 14.3 Å². The van der Waals surface area contributed by atoms with E-state index in [-0.39, 0.29) is 23.7 Å². The summed E-state index contributed by atoms with van der Waals surface area (Å²) in [4.78, 5) is 38.9. The number of rotatable bonds is 6. The predicted octanol–water partition coefficient (Wildman–Crippen LogP) is 5.26. The lowest BCUT2D eigenvalue weighted by atomic mass is 10.0. The van der Waals surface area contributed by atoms with Crippen LogP contribution in [0.5, 0.6) is 0 Å². The van der Waals surface area contributed by atoms with Crippen molar-refractivity contribution in [1.29, 1.82) is 0 Å². The smallest absolute Gasteiger partial charge is 0.308 e. The molecule has 9 heteroatoms. The molecule has 5 aromatic rings. The number of hydrogen-bond donors (Lipinski definition) is 2. The molecule has 2 aromatic carbocycles. The molecule has 1 fully saturated rings. The topological polar surface area (TPSA) is 125 Å². The fourth-order valence-electron chi connectivity index (χ4n) is 5.30. The molecule has 0 saturated heterocycles. The molecule has 0 aliphatic heterocycles. The standard InChI is InChI=1S/C31H28N6O3/c1-40-31(39)21-10-9-20(18-21)30(38)34-22-11-13-23(14-12-22)37-28(24-8-5-17-33-27(24)32)36-26-16-15-25(35-29(26)37)19-6-3-2-4-7-19/h2-8,11-17,20-21H,9-10,18H2,1H3,(H2,32,33)(H,34,38). The number of carbonyl (C=O) groups is 2. The number of aromatic nitrogens is 4. The van der Waals surface area contributed by atoms with Gasteiger partial charge in [0.2, 0.25) is 5.91 Å². The Balaban J connectivity index is 1.35. The van der Waals surface area contributed by atoms with Crippen LogP contribution in [0.3, 0.4) is 0 Å². The second kappa shape index (κ2) is 10.6. The van der Waals surface area contributed by atoms with Crippen LogP contribution in [-0.4, -0.2) is 38.5 Å². The Morgan fingerprint density at radius 1 is 0.925 bits per heavy atom. The highest BCUT2D eigenvalue weighted by atomic mass is 16.5. The van der Waals surface area contributed by atoms with Crippen LogP contribution < -0.4 is 11.1 Å². The number of nitrogens with two attached hydrogens (primary N) is 1. The van der Waals surface area contributed by atoms with E-state index >= 15 is 0 Å². The normalized spacial score (nSPS) is 16.6. The number of esters is 1. The van der Waals surface area contributed by atoms with Gasteiger partial charge in [0.25, 0.3) is 0 Å². The van der Waals surface area contributed by atoms with Crippen LogP contribution in [0.2, 0.25) is 0 Å². The Bertz CT molecular complexity index is 1700. The molecular formula is C31H28N6O3. The Morgan fingerprint density at radius 2 is 1.70 bits per heavy atom. The Kier molecular flexibility index (Phi) is 6.69. The lowest BCUT2D eigenvalue weighted by Gasteiger charge is -2.13. The summed E-state index contributed by atoms with van der Waals surface area (Å²) in [5.41, 5.74) is 11.6. The number of nitrogens with zero attached hydrogens (tertiary/aromatic N) is 4. The molecule has 1 amide bonds. The number of nitrogens with one attached hydrogen (secondary N) is 1. The third-order valence-corrected chi connectivity index (χ3v) is 7.38. The summed E-state index contributed by atoms with van der Waals surface area (Å²) >= 11 is 0. The van der Waals surface area contributed by atoms with Gasteiger partial charge in [-0.3, -0.25) is 14.2 Å². The fourth-order valence-corrected chi connectivity index (χ4v) is 5.30. The van der Waals surface area contributed by atoms with Crippen molar-refractivity contribution >= 4 is 34.5 Å². The summed E-state index contributed by atoms with van der Waals surface area (Å²) < 4.78 is 6.80. The van der Waals surface area contributed by atoms with Gasteiger partial charge in [-0.1, -0.05) is 30.3 Å². The molecule has 40 heavy (non-hydrogen) atoms. The molecule has 2 unspecified atom stereocenters. The maximum absolute atomic E-state index is 12.9. The van der Waals surface area contributed by atoms with Crippen molar-refractivity contribution in [1.82, 2.24) is 19.5 Å².